The summed E-state index contributed by atoms with van der Waals surface area (Å²) in [5.41, 5.74) is 0.302. The monoisotopic (exact) mass is 399 g/mol. The van der Waals surface area contributed by atoms with Gasteiger partial charge in [0, 0.05) is 16.4 Å². The second kappa shape index (κ2) is 7.35. The van der Waals surface area contributed by atoms with Crippen molar-refractivity contribution in [1.82, 2.24) is 15.0 Å². The van der Waals surface area contributed by atoms with E-state index in [0.717, 1.165) is 12.1 Å². The van der Waals surface area contributed by atoms with Crippen molar-refractivity contribution in [1.29, 1.82) is 0 Å². The highest BCUT2D eigenvalue weighted by Crippen LogP contribution is 2.30. The van der Waals surface area contributed by atoms with Crippen LogP contribution in [0.5, 0.6) is 0 Å². The molecule has 1 heterocycles. The van der Waals surface area contributed by atoms with E-state index in [4.69, 9.17) is 23.2 Å². The lowest BCUT2D eigenvalue weighted by Gasteiger charge is -2.10. The Balaban J connectivity index is 1.78. The molecule has 3 aromatic rings. The summed E-state index contributed by atoms with van der Waals surface area (Å²) in [6.45, 7) is 0. The van der Waals surface area contributed by atoms with Crippen LogP contribution in [0.3, 0.4) is 0 Å². The second-order valence-electron chi connectivity index (χ2n) is 5.08. The number of halogens is 5. The van der Waals surface area contributed by atoms with Gasteiger partial charge in [-0.2, -0.15) is 28.1 Å². The Morgan fingerprint density at radius 1 is 0.692 bits per heavy atom. The molecule has 2 aromatic carbocycles. The summed E-state index contributed by atoms with van der Waals surface area (Å²) in [5.74, 6) is 0.253. The minimum atomic E-state index is -4.40. The van der Waals surface area contributed by atoms with Crippen molar-refractivity contribution in [2.45, 2.75) is 6.18 Å². The van der Waals surface area contributed by atoms with E-state index < -0.39 is 11.7 Å². The van der Waals surface area contributed by atoms with Crippen molar-refractivity contribution >= 4 is 46.5 Å². The maximum Gasteiger partial charge on any atom is 0.416 e. The van der Waals surface area contributed by atoms with E-state index >= 15 is 0 Å². The molecule has 2 N–H and O–H groups in total. The first-order valence-corrected chi connectivity index (χ1v) is 7.94. The molecule has 0 bridgehead atoms. The molecule has 1 aromatic heterocycles. The van der Waals surface area contributed by atoms with Gasteiger partial charge >= 0.3 is 6.18 Å². The van der Waals surface area contributed by atoms with Gasteiger partial charge in [0.15, 0.2) is 0 Å². The molecule has 0 saturated heterocycles. The zero-order chi connectivity index (χ0) is 18.7. The summed E-state index contributed by atoms with van der Waals surface area (Å²) in [6, 6.07) is 11.3. The Labute approximate surface area is 156 Å². The molecule has 0 aliphatic rings. The van der Waals surface area contributed by atoms with Crippen LogP contribution in [-0.2, 0) is 6.18 Å². The minimum absolute atomic E-state index is 0.0779. The molecule has 26 heavy (non-hydrogen) atoms. The number of rotatable bonds is 4. The average molecular weight is 400 g/mol. The Kier molecular flexibility index (Phi) is 5.15. The topological polar surface area (TPSA) is 62.7 Å². The van der Waals surface area contributed by atoms with Crippen molar-refractivity contribution in [2.24, 2.45) is 0 Å². The molecule has 10 heteroatoms. The van der Waals surface area contributed by atoms with E-state index in [1.54, 1.807) is 24.3 Å². The number of hydrogen-bond acceptors (Lipinski definition) is 5. The van der Waals surface area contributed by atoms with Crippen molar-refractivity contribution < 1.29 is 13.2 Å². The van der Waals surface area contributed by atoms with Gasteiger partial charge in [0.05, 0.1) is 5.56 Å². The summed E-state index contributed by atoms with van der Waals surface area (Å²) in [4.78, 5) is 12.0. The van der Waals surface area contributed by atoms with Gasteiger partial charge in [-0.25, -0.2) is 0 Å². The third-order valence-electron chi connectivity index (χ3n) is 3.18. The molecule has 0 atom stereocenters. The lowest BCUT2D eigenvalue weighted by atomic mass is 10.2. The zero-order valence-corrected chi connectivity index (χ0v) is 14.4. The Morgan fingerprint density at radius 2 is 1.15 bits per heavy atom. The average Bonchev–Trinajstić information content (AvgIpc) is 2.56. The third-order valence-corrected chi connectivity index (χ3v) is 3.60. The number of benzene rings is 2. The summed E-state index contributed by atoms with van der Waals surface area (Å²) < 4.78 is 37.8. The van der Waals surface area contributed by atoms with E-state index in [0.29, 0.717) is 16.4 Å². The first-order chi connectivity index (χ1) is 12.3. The molecule has 0 saturated carbocycles. The van der Waals surface area contributed by atoms with Crippen LogP contribution in [0.25, 0.3) is 0 Å². The molecule has 0 unspecified atom stereocenters. The largest absolute Gasteiger partial charge is 0.416 e. The van der Waals surface area contributed by atoms with Crippen molar-refractivity contribution in [3.8, 4) is 0 Å². The van der Waals surface area contributed by atoms with Gasteiger partial charge in [-0.1, -0.05) is 11.6 Å². The van der Waals surface area contributed by atoms with Gasteiger partial charge in [0.25, 0.3) is 0 Å². The van der Waals surface area contributed by atoms with Crippen LogP contribution >= 0.6 is 23.2 Å². The van der Waals surface area contributed by atoms with Crippen LogP contribution in [-0.4, -0.2) is 15.0 Å². The Morgan fingerprint density at radius 3 is 1.62 bits per heavy atom. The van der Waals surface area contributed by atoms with Crippen LogP contribution in [0, 0.1) is 0 Å². The first kappa shape index (κ1) is 18.2. The van der Waals surface area contributed by atoms with Crippen molar-refractivity contribution in [2.75, 3.05) is 10.6 Å². The van der Waals surface area contributed by atoms with Gasteiger partial charge in [-0.05, 0) is 60.1 Å². The second-order valence-corrected chi connectivity index (χ2v) is 5.86. The van der Waals surface area contributed by atoms with Crippen molar-refractivity contribution in [3.05, 3.63) is 64.4 Å². The molecule has 0 amide bonds. The summed E-state index contributed by atoms with van der Waals surface area (Å²) in [6.07, 6.45) is -4.40. The predicted molar refractivity (Wildman–Crippen MR) is 94.3 cm³/mol. The van der Waals surface area contributed by atoms with E-state index in [1.807, 2.05) is 0 Å². The summed E-state index contributed by atoms with van der Waals surface area (Å²) >= 11 is 11.7. The van der Waals surface area contributed by atoms with Gasteiger partial charge in [0.2, 0.25) is 17.2 Å². The summed E-state index contributed by atoms with van der Waals surface area (Å²) in [5, 5.41) is 6.22. The lowest BCUT2D eigenvalue weighted by molar-refractivity contribution is -0.137. The molecular formula is C16H10Cl2F3N5. The lowest BCUT2D eigenvalue weighted by Crippen LogP contribution is -2.06. The van der Waals surface area contributed by atoms with Crippen LogP contribution < -0.4 is 10.6 Å². The van der Waals surface area contributed by atoms with E-state index in [2.05, 4.69) is 25.6 Å². The molecule has 0 radical (unpaired) electrons. The van der Waals surface area contributed by atoms with Gasteiger partial charge < -0.3 is 10.6 Å². The van der Waals surface area contributed by atoms with Gasteiger partial charge in [-0.15, -0.1) is 0 Å². The van der Waals surface area contributed by atoms with Crippen LogP contribution in [0.15, 0.2) is 48.5 Å². The normalized spacial score (nSPS) is 11.3. The number of alkyl halides is 3. The molecular weight excluding hydrogens is 390 g/mol. The number of anilines is 4. The smallest absolute Gasteiger partial charge is 0.324 e. The van der Waals surface area contributed by atoms with Crippen molar-refractivity contribution in [3.63, 3.8) is 0 Å². The third kappa shape index (κ3) is 4.74. The highest BCUT2D eigenvalue weighted by atomic mass is 35.5. The SMILES string of the molecule is FC(F)(F)c1ccc(Nc2nc(Cl)nc(Nc3ccc(Cl)cc3)n2)cc1. The number of hydrogen-bond donors (Lipinski definition) is 2. The quantitative estimate of drug-likeness (QED) is 0.590. The van der Waals surface area contributed by atoms with E-state index in [9.17, 15) is 13.2 Å². The van der Waals surface area contributed by atoms with Crippen LogP contribution in [0.4, 0.5) is 36.4 Å². The molecule has 0 aliphatic heterocycles. The first-order valence-electron chi connectivity index (χ1n) is 7.18. The number of aromatic nitrogens is 3. The molecule has 134 valence electrons. The molecule has 0 fully saturated rings. The van der Waals surface area contributed by atoms with Gasteiger partial charge in [-0.3, -0.25) is 0 Å². The van der Waals surface area contributed by atoms with Gasteiger partial charge in [0.1, 0.15) is 0 Å². The fourth-order valence-corrected chi connectivity index (χ4v) is 2.28. The summed E-state index contributed by atoms with van der Waals surface area (Å²) in [7, 11) is 0. The number of nitrogens with one attached hydrogen (secondary N) is 2. The highest BCUT2D eigenvalue weighted by Gasteiger charge is 2.29. The maximum atomic E-state index is 12.6. The molecule has 3 rings (SSSR count). The zero-order valence-electron chi connectivity index (χ0n) is 12.9. The predicted octanol–water partition coefficient (Wildman–Crippen LogP) is 5.68. The molecule has 0 spiro atoms. The Hall–Kier alpha value is -2.58. The van der Waals surface area contributed by atoms with E-state index in [1.165, 1.54) is 12.1 Å². The van der Waals surface area contributed by atoms with E-state index in [-0.39, 0.29) is 17.2 Å². The highest BCUT2D eigenvalue weighted by molar-refractivity contribution is 6.30. The molecule has 5 nitrogen and oxygen atoms in total. The van der Waals surface area contributed by atoms with Crippen LogP contribution in [0.2, 0.25) is 10.3 Å². The molecule has 0 aliphatic carbocycles. The minimum Gasteiger partial charge on any atom is -0.324 e. The maximum absolute atomic E-state index is 12.6. The van der Waals surface area contributed by atoms with Crippen LogP contribution in [0.1, 0.15) is 5.56 Å². The standard InChI is InChI=1S/C16H10Cl2F3N5/c17-10-3-7-12(8-4-10)23-15-25-13(18)24-14(26-15)22-11-5-1-9(2-6-11)16(19,20)21/h1-8H,(H2,22,23,24,25,26). The fraction of sp³-hybridized carbons (Fsp3) is 0.0625. The fourth-order valence-electron chi connectivity index (χ4n) is 2.00. The Bertz CT molecular complexity index is 899. The number of nitrogens with zero attached hydrogens (tertiary/aromatic N) is 3.